The molecule has 106 valence electrons. The van der Waals surface area contributed by atoms with Gasteiger partial charge in [0.25, 0.3) is 0 Å². The molecular formula is C14H23F3O. The number of halogens is 3. The lowest BCUT2D eigenvalue weighted by atomic mass is 9.68. The van der Waals surface area contributed by atoms with Gasteiger partial charge in [-0.25, -0.2) is 13.2 Å². The molecule has 2 aliphatic rings. The van der Waals surface area contributed by atoms with Gasteiger partial charge >= 0.3 is 0 Å². The zero-order valence-corrected chi connectivity index (χ0v) is 11.1. The first-order valence-corrected chi connectivity index (χ1v) is 6.99. The maximum atomic E-state index is 14.1. The molecule has 7 unspecified atom stereocenters. The van der Waals surface area contributed by atoms with Crippen LogP contribution in [0, 0.1) is 17.8 Å². The van der Waals surface area contributed by atoms with E-state index >= 15 is 0 Å². The molecule has 7 atom stereocenters. The third-order valence-electron chi connectivity index (χ3n) is 4.87. The molecule has 0 spiro atoms. The highest BCUT2D eigenvalue weighted by molar-refractivity contribution is 4.94. The summed E-state index contributed by atoms with van der Waals surface area (Å²) in [7, 11) is 1.58. The molecule has 0 heterocycles. The summed E-state index contributed by atoms with van der Waals surface area (Å²) in [4.78, 5) is 0. The Labute approximate surface area is 107 Å². The van der Waals surface area contributed by atoms with Gasteiger partial charge in [-0.05, 0) is 43.4 Å². The van der Waals surface area contributed by atoms with Crippen LogP contribution >= 0.6 is 0 Å². The minimum absolute atomic E-state index is 0.0574. The normalized spacial score (nSPS) is 50.2. The summed E-state index contributed by atoms with van der Waals surface area (Å²) in [6.07, 6.45) is -1.02. The van der Waals surface area contributed by atoms with E-state index in [0.29, 0.717) is 25.7 Å². The van der Waals surface area contributed by atoms with Gasteiger partial charge in [0.05, 0.1) is 6.10 Å². The van der Waals surface area contributed by atoms with Gasteiger partial charge in [-0.3, -0.25) is 0 Å². The Morgan fingerprint density at radius 2 is 1.56 bits per heavy atom. The van der Waals surface area contributed by atoms with Crippen LogP contribution in [-0.4, -0.2) is 31.7 Å². The predicted octanol–water partition coefficient (Wildman–Crippen LogP) is 3.86. The van der Waals surface area contributed by atoms with Crippen molar-refractivity contribution in [2.24, 2.45) is 17.8 Å². The van der Waals surface area contributed by atoms with Gasteiger partial charge in [0.2, 0.25) is 0 Å². The van der Waals surface area contributed by atoms with E-state index in [9.17, 15) is 13.2 Å². The smallest absolute Gasteiger partial charge is 0.135 e. The Hall–Kier alpha value is -0.250. The highest BCUT2D eigenvalue weighted by atomic mass is 19.2. The summed E-state index contributed by atoms with van der Waals surface area (Å²) in [6, 6.07) is 0. The second kappa shape index (κ2) is 5.81. The third-order valence-corrected chi connectivity index (χ3v) is 4.87. The molecule has 2 rings (SSSR count). The lowest BCUT2D eigenvalue weighted by Gasteiger charge is -2.41. The van der Waals surface area contributed by atoms with E-state index in [0.717, 1.165) is 6.42 Å². The lowest BCUT2D eigenvalue weighted by Crippen LogP contribution is -2.45. The van der Waals surface area contributed by atoms with E-state index in [1.165, 1.54) is 0 Å². The van der Waals surface area contributed by atoms with Crippen LogP contribution in [0.5, 0.6) is 0 Å². The summed E-state index contributed by atoms with van der Waals surface area (Å²) >= 11 is 0. The predicted molar refractivity (Wildman–Crippen MR) is 64.7 cm³/mol. The SMILES string of the molecule is COC1CCC(C2CCC(C)C(F)C2F)C(F)C1. The Morgan fingerprint density at radius 1 is 0.889 bits per heavy atom. The molecule has 0 amide bonds. The van der Waals surface area contributed by atoms with Crippen molar-refractivity contribution in [3.63, 3.8) is 0 Å². The van der Waals surface area contributed by atoms with E-state index in [4.69, 9.17) is 4.74 Å². The number of rotatable bonds is 2. The highest BCUT2D eigenvalue weighted by Crippen LogP contribution is 2.43. The first kappa shape index (κ1) is 14.2. The van der Waals surface area contributed by atoms with Crippen molar-refractivity contribution in [1.29, 1.82) is 0 Å². The zero-order valence-electron chi connectivity index (χ0n) is 11.1. The minimum atomic E-state index is -1.49. The van der Waals surface area contributed by atoms with Crippen molar-refractivity contribution in [1.82, 2.24) is 0 Å². The molecule has 1 nitrogen and oxygen atoms in total. The number of hydrogen-bond acceptors (Lipinski definition) is 1. The van der Waals surface area contributed by atoms with Crippen LogP contribution in [0.2, 0.25) is 0 Å². The quantitative estimate of drug-likeness (QED) is 0.736. The molecule has 0 aromatic carbocycles. The largest absolute Gasteiger partial charge is 0.381 e. The fourth-order valence-electron chi connectivity index (χ4n) is 3.57. The molecular weight excluding hydrogens is 241 g/mol. The molecule has 4 heteroatoms. The lowest BCUT2D eigenvalue weighted by molar-refractivity contribution is -0.0511. The van der Waals surface area contributed by atoms with E-state index in [2.05, 4.69) is 0 Å². The Balaban J connectivity index is 1.99. The van der Waals surface area contributed by atoms with E-state index in [-0.39, 0.29) is 17.9 Å². The monoisotopic (exact) mass is 264 g/mol. The number of alkyl halides is 3. The molecule has 0 bridgehead atoms. The second-order valence-corrected chi connectivity index (χ2v) is 5.96. The molecule has 0 aliphatic heterocycles. The van der Waals surface area contributed by atoms with Gasteiger partial charge in [0, 0.05) is 13.5 Å². The third kappa shape index (κ3) is 2.68. The van der Waals surface area contributed by atoms with Crippen LogP contribution < -0.4 is 0 Å². The average molecular weight is 264 g/mol. The van der Waals surface area contributed by atoms with Crippen LogP contribution in [0.1, 0.15) is 39.0 Å². The van der Waals surface area contributed by atoms with Crippen LogP contribution in [0.4, 0.5) is 13.2 Å². The van der Waals surface area contributed by atoms with Gasteiger partial charge in [0.1, 0.15) is 18.5 Å². The number of hydrogen-bond donors (Lipinski definition) is 0. The Bertz CT molecular complexity index is 274. The highest BCUT2D eigenvalue weighted by Gasteiger charge is 2.45. The molecule has 0 aromatic rings. The van der Waals surface area contributed by atoms with Crippen molar-refractivity contribution in [2.75, 3.05) is 7.11 Å². The van der Waals surface area contributed by atoms with Gasteiger partial charge in [0.15, 0.2) is 0 Å². The molecule has 0 radical (unpaired) electrons. The van der Waals surface area contributed by atoms with Crippen LogP contribution in [0.15, 0.2) is 0 Å². The molecule has 2 fully saturated rings. The Morgan fingerprint density at radius 3 is 2.17 bits per heavy atom. The summed E-state index contributed by atoms with van der Waals surface area (Å²) in [5.74, 6) is -0.995. The molecule has 2 saturated carbocycles. The van der Waals surface area contributed by atoms with Gasteiger partial charge < -0.3 is 4.74 Å². The summed E-state index contributed by atoms with van der Waals surface area (Å²) < 4.78 is 47.0. The molecule has 2 aliphatic carbocycles. The average Bonchev–Trinajstić information content (AvgIpc) is 2.37. The van der Waals surface area contributed by atoms with Gasteiger partial charge in [-0.1, -0.05) is 6.92 Å². The molecule has 18 heavy (non-hydrogen) atoms. The topological polar surface area (TPSA) is 9.23 Å². The van der Waals surface area contributed by atoms with Crippen molar-refractivity contribution >= 4 is 0 Å². The summed E-state index contributed by atoms with van der Waals surface area (Å²) in [5.41, 5.74) is 0. The summed E-state index contributed by atoms with van der Waals surface area (Å²) in [6.45, 7) is 1.74. The van der Waals surface area contributed by atoms with Crippen LogP contribution in [0.3, 0.4) is 0 Å². The molecule has 0 N–H and O–H groups in total. The fraction of sp³-hybridized carbons (Fsp3) is 1.00. The van der Waals surface area contributed by atoms with Crippen molar-refractivity contribution < 1.29 is 17.9 Å². The van der Waals surface area contributed by atoms with Gasteiger partial charge in [-0.2, -0.15) is 0 Å². The molecule has 0 aromatic heterocycles. The maximum absolute atomic E-state index is 14.1. The van der Waals surface area contributed by atoms with Gasteiger partial charge in [-0.15, -0.1) is 0 Å². The standard InChI is InChI=1S/C14H23F3O/c1-8-3-5-11(14(17)13(8)16)10-6-4-9(18-2)7-12(10)15/h8-14H,3-7H2,1-2H3. The summed E-state index contributed by atoms with van der Waals surface area (Å²) in [5, 5.41) is 0. The van der Waals surface area contributed by atoms with Crippen molar-refractivity contribution in [3.05, 3.63) is 0 Å². The molecule has 0 saturated heterocycles. The first-order chi connectivity index (χ1) is 8.54. The van der Waals surface area contributed by atoms with E-state index in [1.807, 2.05) is 0 Å². The first-order valence-electron chi connectivity index (χ1n) is 6.99. The minimum Gasteiger partial charge on any atom is -0.381 e. The van der Waals surface area contributed by atoms with Crippen LogP contribution in [-0.2, 0) is 4.74 Å². The van der Waals surface area contributed by atoms with E-state index in [1.54, 1.807) is 14.0 Å². The van der Waals surface area contributed by atoms with Crippen molar-refractivity contribution in [2.45, 2.75) is 63.6 Å². The van der Waals surface area contributed by atoms with Crippen LogP contribution in [0.25, 0.3) is 0 Å². The number of methoxy groups -OCH3 is 1. The Kier molecular flexibility index (Phi) is 4.57. The van der Waals surface area contributed by atoms with Crippen molar-refractivity contribution in [3.8, 4) is 0 Å². The van der Waals surface area contributed by atoms with E-state index < -0.39 is 24.4 Å². The zero-order chi connectivity index (χ0) is 13.3. The fourth-order valence-corrected chi connectivity index (χ4v) is 3.57. The number of ether oxygens (including phenoxy) is 1. The maximum Gasteiger partial charge on any atom is 0.135 e. The second-order valence-electron chi connectivity index (χ2n) is 5.96.